The van der Waals surface area contributed by atoms with E-state index in [4.69, 9.17) is 5.26 Å². The maximum absolute atomic E-state index is 12.2. The highest BCUT2D eigenvalue weighted by Crippen LogP contribution is 2.31. The fraction of sp³-hybridized carbons (Fsp3) is 0.150. The maximum Gasteiger partial charge on any atom is 0.253 e. The lowest BCUT2D eigenvalue weighted by Gasteiger charge is -2.27. The topological polar surface area (TPSA) is 73.2 Å². The molecule has 5 nitrogen and oxygen atoms in total. The first kappa shape index (κ1) is 16.5. The lowest BCUT2D eigenvalue weighted by atomic mass is 10.1. The quantitative estimate of drug-likeness (QED) is 0.726. The highest BCUT2D eigenvalue weighted by Gasteiger charge is 2.26. The summed E-state index contributed by atoms with van der Waals surface area (Å²) in [5, 5.41) is 12.0. The minimum absolute atomic E-state index is 0.295. The number of hydrogen-bond acceptors (Lipinski definition) is 5. The van der Waals surface area contributed by atoms with Gasteiger partial charge in [-0.25, -0.2) is 0 Å². The van der Waals surface area contributed by atoms with Crippen molar-refractivity contribution in [3.05, 3.63) is 80.1 Å². The van der Waals surface area contributed by atoms with Gasteiger partial charge in [-0.3, -0.25) is 9.59 Å². The van der Waals surface area contributed by atoms with Crippen molar-refractivity contribution in [2.45, 2.75) is 13.8 Å². The van der Waals surface area contributed by atoms with Gasteiger partial charge in [-0.05, 0) is 49.7 Å². The highest BCUT2D eigenvalue weighted by molar-refractivity contribution is 5.84. The van der Waals surface area contributed by atoms with E-state index in [0.717, 1.165) is 11.3 Å². The van der Waals surface area contributed by atoms with Crippen LogP contribution in [0.25, 0.3) is 0 Å². The van der Waals surface area contributed by atoms with E-state index >= 15 is 0 Å². The molecule has 3 aromatic carbocycles. The van der Waals surface area contributed by atoms with Crippen LogP contribution in [0.15, 0.2) is 58.1 Å². The summed E-state index contributed by atoms with van der Waals surface area (Å²) in [6.45, 7) is 4.35. The Labute approximate surface area is 145 Å². The van der Waals surface area contributed by atoms with Crippen LogP contribution in [0.1, 0.15) is 18.1 Å². The Kier molecular flexibility index (Phi) is 4.36. The summed E-state index contributed by atoms with van der Waals surface area (Å²) >= 11 is 0. The molecule has 0 aliphatic heterocycles. The number of rotatable bonds is 5. The highest BCUT2D eigenvalue weighted by atomic mass is 16.2. The molecule has 0 aliphatic carbocycles. The second-order valence-electron chi connectivity index (χ2n) is 5.73. The fourth-order valence-corrected chi connectivity index (χ4v) is 2.84. The number of benzene rings is 2. The third-order valence-electron chi connectivity index (χ3n) is 4.15. The molecular weight excluding hydrogens is 314 g/mol. The van der Waals surface area contributed by atoms with Crippen LogP contribution < -0.4 is 21.1 Å². The van der Waals surface area contributed by atoms with Gasteiger partial charge in [-0.2, -0.15) is 5.26 Å². The summed E-state index contributed by atoms with van der Waals surface area (Å²) in [5.74, 6) is 0. The van der Waals surface area contributed by atoms with Crippen LogP contribution in [0, 0.1) is 18.3 Å². The van der Waals surface area contributed by atoms with Crippen molar-refractivity contribution in [1.29, 1.82) is 5.26 Å². The first-order valence-corrected chi connectivity index (χ1v) is 8.00. The smallest absolute Gasteiger partial charge is 0.253 e. The molecule has 5 heteroatoms. The van der Waals surface area contributed by atoms with Gasteiger partial charge in [0.2, 0.25) is 0 Å². The zero-order valence-corrected chi connectivity index (χ0v) is 14.0. The van der Waals surface area contributed by atoms with Gasteiger partial charge in [-0.1, -0.05) is 18.2 Å². The van der Waals surface area contributed by atoms with Crippen molar-refractivity contribution in [1.82, 2.24) is 0 Å². The van der Waals surface area contributed by atoms with E-state index in [9.17, 15) is 9.59 Å². The molecule has 0 aliphatic rings. The Bertz CT molecular complexity index is 1030. The van der Waals surface area contributed by atoms with E-state index < -0.39 is 10.9 Å². The summed E-state index contributed by atoms with van der Waals surface area (Å²) in [6.07, 6.45) is 0. The number of nitrogens with zero attached hydrogens (tertiary/aromatic N) is 2. The number of anilines is 4. The van der Waals surface area contributed by atoms with E-state index in [1.54, 1.807) is 18.2 Å². The SMILES string of the molecule is CCN(c1ccccc1)c1c(Nc2ccc(C#N)cc2C)c(=O)c1=O. The number of hydrogen-bond donors (Lipinski definition) is 1. The molecule has 0 fully saturated rings. The Morgan fingerprint density at radius 2 is 1.80 bits per heavy atom. The zero-order valence-electron chi connectivity index (χ0n) is 14.0. The number of aryl methyl sites for hydroxylation is 1. The summed E-state index contributed by atoms with van der Waals surface area (Å²) in [6, 6.07) is 16.7. The minimum atomic E-state index is -0.520. The lowest BCUT2D eigenvalue weighted by Crippen LogP contribution is -2.40. The Balaban J connectivity index is 2.00. The van der Waals surface area contributed by atoms with Gasteiger partial charge in [0.1, 0.15) is 11.4 Å². The predicted octanol–water partition coefficient (Wildman–Crippen LogP) is 3.36. The van der Waals surface area contributed by atoms with E-state index in [1.807, 2.05) is 49.1 Å². The molecule has 0 unspecified atom stereocenters. The van der Waals surface area contributed by atoms with Crippen molar-refractivity contribution < 1.29 is 0 Å². The van der Waals surface area contributed by atoms with Crippen molar-refractivity contribution in [3.8, 4) is 6.07 Å². The Morgan fingerprint density at radius 3 is 2.40 bits per heavy atom. The molecule has 0 heterocycles. The van der Waals surface area contributed by atoms with Crippen molar-refractivity contribution in [2.24, 2.45) is 0 Å². The number of nitrogens with one attached hydrogen (secondary N) is 1. The van der Waals surface area contributed by atoms with Gasteiger partial charge in [-0.15, -0.1) is 0 Å². The summed E-state index contributed by atoms with van der Waals surface area (Å²) < 4.78 is 0. The van der Waals surface area contributed by atoms with Crippen LogP contribution in [-0.4, -0.2) is 6.54 Å². The van der Waals surface area contributed by atoms with Crippen molar-refractivity contribution in [3.63, 3.8) is 0 Å². The fourth-order valence-electron chi connectivity index (χ4n) is 2.84. The summed E-state index contributed by atoms with van der Waals surface area (Å²) in [5.41, 5.74) is 2.61. The molecule has 0 radical (unpaired) electrons. The van der Waals surface area contributed by atoms with Crippen LogP contribution >= 0.6 is 0 Å². The molecule has 0 atom stereocenters. The van der Waals surface area contributed by atoms with Crippen LogP contribution in [0.5, 0.6) is 0 Å². The van der Waals surface area contributed by atoms with Gasteiger partial charge in [0.25, 0.3) is 10.9 Å². The molecule has 0 spiro atoms. The average Bonchev–Trinajstić information content (AvgIpc) is 2.65. The predicted molar refractivity (Wildman–Crippen MR) is 99.7 cm³/mol. The monoisotopic (exact) mass is 331 g/mol. The molecule has 0 amide bonds. The second-order valence-corrected chi connectivity index (χ2v) is 5.73. The summed E-state index contributed by atoms with van der Waals surface area (Å²) in [7, 11) is 0. The molecule has 0 aromatic heterocycles. The van der Waals surface area contributed by atoms with Gasteiger partial charge in [0.05, 0.1) is 11.6 Å². The third-order valence-corrected chi connectivity index (χ3v) is 4.15. The average molecular weight is 331 g/mol. The molecular formula is C20H17N3O2. The second kappa shape index (κ2) is 6.62. The lowest BCUT2D eigenvalue weighted by molar-refractivity contribution is 1.01. The van der Waals surface area contributed by atoms with Crippen LogP contribution in [-0.2, 0) is 0 Å². The molecule has 1 N–H and O–H groups in total. The van der Waals surface area contributed by atoms with Gasteiger partial charge >= 0.3 is 0 Å². The molecule has 124 valence electrons. The third kappa shape index (κ3) is 2.90. The number of nitriles is 1. The van der Waals surface area contributed by atoms with Crippen LogP contribution in [0.2, 0.25) is 0 Å². The van der Waals surface area contributed by atoms with E-state index in [-0.39, 0.29) is 0 Å². The Hall–Kier alpha value is -3.39. The van der Waals surface area contributed by atoms with Crippen molar-refractivity contribution >= 4 is 22.7 Å². The zero-order chi connectivity index (χ0) is 18.0. The number of para-hydroxylation sites is 1. The van der Waals surface area contributed by atoms with Crippen molar-refractivity contribution in [2.75, 3.05) is 16.8 Å². The van der Waals surface area contributed by atoms with E-state index in [2.05, 4.69) is 11.4 Å². The Morgan fingerprint density at radius 1 is 1.08 bits per heavy atom. The molecule has 25 heavy (non-hydrogen) atoms. The molecule has 0 saturated carbocycles. The normalized spacial score (nSPS) is 10.4. The summed E-state index contributed by atoms with van der Waals surface area (Å²) in [4.78, 5) is 26.1. The maximum atomic E-state index is 12.2. The first-order valence-electron chi connectivity index (χ1n) is 8.00. The first-order chi connectivity index (χ1) is 12.1. The van der Waals surface area contributed by atoms with Gasteiger partial charge in [0.15, 0.2) is 0 Å². The minimum Gasteiger partial charge on any atom is -0.350 e. The van der Waals surface area contributed by atoms with E-state index in [0.29, 0.717) is 29.2 Å². The standard InChI is InChI=1S/C20H17N3O2/c1-3-23(15-7-5-4-6-8-15)18-17(19(24)20(18)25)22-16-10-9-14(12-21)11-13(16)2/h4-11,22H,3H2,1-2H3. The van der Waals surface area contributed by atoms with Crippen LogP contribution in [0.3, 0.4) is 0 Å². The molecule has 0 saturated heterocycles. The van der Waals surface area contributed by atoms with E-state index in [1.165, 1.54) is 0 Å². The molecule has 3 aromatic rings. The van der Waals surface area contributed by atoms with Gasteiger partial charge < -0.3 is 10.2 Å². The van der Waals surface area contributed by atoms with Crippen LogP contribution in [0.4, 0.5) is 22.7 Å². The van der Waals surface area contributed by atoms with Gasteiger partial charge in [0, 0.05) is 17.9 Å². The molecule has 3 rings (SSSR count). The largest absolute Gasteiger partial charge is 0.350 e. The molecule has 0 bridgehead atoms.